The molecule has 142 valence electrons. The number of para-hydroxylation sites is 1. The van der Waals surface area contributed by atoms with Crippen molar-refractivity contribution < 1.29 is 0 Å². The van der Waals surface area contributed by atoms with E-state index in [-0.39, 0.29) is 5.56 Å². The van der Waals surface area contributed by atoms with E-state index in [0.717, 1.165) is 35.4 Å². The van der Waals surface area contributed by atoms with E-state index in [9.17, 15) is 4.79 Å². The van der Waals surface area contributed by atoms with Gasteiger partial charge in [-0.1, -0.05) is 24.6 Å². The molecule has 1 atom stereocenters. The van der Waals surface area contributed by atoms with Crippen LogP contribution in [0.5, 0.6) is 0 Å². The molecule has 1 unspecified atom stereocenters. The molecule has 1 saturated heterocycles. The molecule has 0 N–H and O–H groups in total. The number of aromatic nitrogens is 3. The second-order valence-corrected chi connectivity index (χ2v) is 8.53. The second kappa shape index (κ2) is 7.11. The predicted octanol–water partition coefficient (Wildman–Crippen LogP) is 4.34. The lowest BCUT2D eigenvalue weighted by Crippen LogP contribution is -2.33. The molecule has 5 rings (SSSR count). The van der Waals surface area contributed by atoms with Gasteiger partial charge in [0.15, 0.2) is 0 Å². The number of likely N-dealkylation sites (tertiary alicyclic amines) is 1. The maximum atomic E-state index is 12.6. The van der Waals surface area contributed by atoms with E-state index in [4.69, 9.17) is 9.97 Å². The van der Waals surface area contributed by atoms with Gasteiger partial charge in [0.05, 0.1) is 22.0 Å². The number of piperidine rings is 1. The summed E-state index contributed by atoms with van der Waals surface area (Å²) in [5.74, 6) is 0. The van der Waals surface area contributed by atoms with Crippen molar-refractivity contribution in [2.75, 3.05) is 6.54 Å². The average Bonchev–Trinajstić information content (AvgIpc) is 3.13. The van der Waals surface area contributed by atoms with Crippen LogP contribution in [0.25, 0.3) is 15.9 Å². The second-order valence-electron chi connectivity index (χ2n) is 7.47. The van der Waals surface area contributed by atoms with Crippen molar-refractivity contribution in [2.45, 2.75) is 38.8 Å². The fourth-order valence-corrected chi connectivity index (χ4v) is 5.23. The van der Waals surface area contributed by atoms with Gasteiger partial charge in [0.1, 0.15) is 10.7 Å². The van der Waals surface area contributed by atoms with E-state index in [2.05, 4.69) is 23.1 Å². The van der Waals surface area contributed by atoms with E-state index in [1.807, 2.05) is 25.1 Å². The molecule has 4 aromatic rings. The van der Waals surface area contributed by atoms with Crippen LogP contribution in [0.2, 0.25) is 0 Å². The Bertz CT molecular complexity index is 1180. The molecule has 1 fully saturated rings. The van der Waals surface area contributed by atoms with Crippen molar-refractivity contribution in [1.82, 2.24) is 19.3 Å². The highest BCUT2D eigenvalue weighted by Crippen LogP contribution is 2.36. The first-order chi connectivity index (χ1) is 13.7. The molecular formula is C22H22N4OS. The molecule has 0 aliphatic carbocycles. The molecule has 1 aliphatic rings. The third-order valence-electron chi connectivity index (χ3n) is 5.51. The molecule has 1 aromatic carbocycles. The van der Waals surface area contributed by atoms with Crippen LogP contribution in [0, 0.1) is 6.92 Å². The summed E-state index contributed by atoms with van der Waals surface area (Å²) in [5, 5.41) is 1.18. The van der Waals surface area contributed by atoms with Crippen molar-refractivity contribution in [2.24, 2.45) is 0 Å². The minimum absolute atomic E-state index is 0.0164. The maximum absolute atomic E-state index is 12.6. The highest BCUT2D eigenvalue weighted by molar-refractivity contribution is 7.18. The lowest BCUT2D eigenvalue weighted by molar-refractivity contribution is 0.138. The quantitative estimate of drug-likeness (QED) is 0.522. The van der Waals surface area contributed by atoms with Crippen LogP contribution < -0.4 is 5.56 Å². The van der Waals surface area contributed by atoms with Gasteiger partial charge in [-0.15, -0.1) is 11.3 Å². The summed E-state index contributed by atoms with van der Waals surface area (Å²) >= 11 is 1.79. The van der Waals surface area contributed by atoms with Crippen LogP contribution in [-0.2, 0) is 6.54 Å². The number of benzene rings is 1. The fourth-order valence-electron chi connectivity index (χ4n) is 4.09. The Kier molecular flexibility index (Phi) is 4.45. The number of rotatable bonds is 3. The third kappa shape index (κ3) is 3.12. The molecule has 0 amide bonds. The van der Waals surface area contributed by atoms with Gasteiger partial charge in [0.2, 0.25) is 0 Å². The molecule has 28 heavy (non-hydrogen) atoms. The normalized spacial score (nSPS) is 18.1. The summed E-state index contributed by atoms with van der Waals surface area (Å²) in [7, 11) is 0. The molecule has 5 nitrogen and oxygen atoms in total. The van der Waals surface area contributed by atoms with E-state index in [1.54, 1.807) is 28.0 Å². The van der Waals surface area contributed by atoms with Crippen molar-refractivity contribution >= 4 is 27.2 Å². The van der Waals surface area contributed by atoms with Gasteiger partial charge in [0.25, 0.3) is 5.56 Å². The Morgan fingerprint density at radius 2 is 2.04 bits per heavy atom. The van der Waals surface area contributed by atoms with E-state index >= 15 is 0 Å². The SMILES string of the molecule is Cc1cccn2c(=O)cc(CN3CCCCC3c3nc4ccccc4s3)nc12. The Balaban J connectivity index is 1.50. The number of nitrogens with zero attached hydrogens (tertiary/aromatic N) is 4. The summed E-state index contributed by atoms with van der Waals surface area (Å²) < 4.78 is 2.86. The number of aryl methyl sites for hydroxylation is 1. The Morgan fingerprint density at radius 1 is 1.14 bits per heavy atom. The van der Waals surface area contributed by atoms with Gasteiger partial charge < -0.3 is 0 Å². The summed E-state index contributed by atoms with van der Waals surface area (Å²) in [5.41, 5.74) is 3.66. The molecule has 4 heterocycles. The van der Waals surface area contributed by atoms with Gasteiger partial charge in [0, 0.05) is 18.8 Å². The minimum Gasteiger partial charge on any atom is -0.288 e. The van der Waals surface area contributed by atoms with Gasteiger partial charge in [-0.3, -0.25) is 14.1 Å². The van der Waals surface area contributed by atoms with E-state index in [0.29, 0.717) is 12.6 Å². The zero-order valence-corrected chi connectivity index (χ0v) is 16.7. The summed E-state index contributed by atoms with van der Waals surface area (Å²) in [6, 6.07) is 14.2. The zero-order valence-electron chi connectivity index (χ0n) is 15.8. The molecule has 0 spiro atoms. The fraction of sp³-hybridized carbons (Fsp3) is 0.318. The molecule has 0 saturated carbocycles. The van der Waals surface area contributed by atoms with Crippen LogP contribution in [0.15, 0.2) is 53.5 Å². The monoisotopic (exact) mass is 390 g/mol. The van der Waals surface area contributed by atoms with Gasteiger partial charge >= 0.3 is 0 Å². The Morgan fingerprint density at radius 3 is 2.93 bits per heavy atom. The van der Waals surface area contributed by atoms with Gasteiger partial charge in [-0.2, -0.15) is 0 Å². The van der Waals surface area contributed by atoms with Crippen molar-refractivity contribution in [3.8, 4) is 0 Å². The van der Waals surface area contributed by atoms with Crippen LogP contribution in [0.3, 0.4) is 0 Å². The number of pyridine rings is 1. The van der Waals surface area contributed by atoms with Crippen LogP contribution in [-0.4, -0.2) is 25.8 Å². The minimum atomic E-state index is -0.0164. The van der Waals surface area contributed by atoms with Crippen molar-refractivity contribution in [3.63, 3.8) is 0 Å². The smallest absolute Gasteiger partial charge is 0.258 e. The number of hydrogen-bond donors (Lipinski definition) is 0. The van der Waals surface area contributed by atoms with Gasteiger partial charge in [-0.05, 0) is 50.1 Å². The molecule has 0 radical (unpaired) electrons. The standard InChI is InChI=1S/C22H22N4OS/c1-15-7-6-12-26-20(27)13-16(23-21(15)26)14-25-11-5-4-9-18(25)22-24-17-8-2-3-10-19(17)28-22/h2-3,6-8,10,12-13,18H,4-5,9,11,14H2,1H3. The zero-order chi connectivity index (χ0) is 19.1. The average molecular weight is 391 g/mol. The highest BCUT2D eigenvalue weighted by Gasteiger charge is 2.27. The third-order valence-corrected chi connectivity index (χ3v) is 6.65. The topological polar surface area (TPSA) is 50.5 Å². The first-order valence-corrected chi connectivity index (χ1v) is 10.6. The summed E-state index contributed by atoms with van der Waals surface area (Å²) in [6.45, 7) is 3.69. The molecule has 0 bridgehead atoms. The Labute approximate surface area is 167 Å². The molecule has 3 aromatic heterocycles. The number of hydrogen-bond acceptors (Lipinski definition) is 5. The lowest BCUT2D eigenvalue weighted by Gasteiger charge is -2.34. The predicted molar refractivity (Wildman–Crippen MR) is 113 cm³/mol. The van der Waals surface area contributed by atoms with E-state index in [1.165, 1.54) is 22.5 Å². The Hall–Kier alpha value is -2.57. The first kappa shape index (κ1) is 17.5. The summed E-state index contributed by atoms with van der Waals surface area (Å²) in [4.78, 5) is 24.7. The maximum Gasteiger partial charge on any atom is 0.258 e. The first-order valence-electron chi connectivity index (χ1n) is 9.76. The largest absolute Gasteiger partial charge is 0.288 e. The molecule has 1 aliphatic heterocycles. The van der Waals surface area contributed by atoms with Crippen molar-refractivity contribution in [1.29, 1.82) is 0 Å². The van der Waals surface area contributed by atoms with Gasteiger partial charge in [-0.25, -0.2) is 9.97 Å². The van der Waals surface area contributed by atoms with Crippen LogP contribution in [0.1, 0.15) is 41.6 Å². The van der Waals surface area contributed by atoms with Crippen LogP contribution in [0.4, 0.5) is 0 Å². The van der Waals surface area contributed by atoms with Crippen molar-refractivity contribution in [3.05, 3.63) is 75.3 Å². The lowest BCUT2D eigenvalue weighted by atomic mass is 10.0. The summed E-state index contributed by atoms with van der Waals surface area (Å²) in [6.07, 6.45) is 5.27. The molecule has 6 heteroatoms. The van der Waals surface area contributed by atoms with Crippen LogP contribution >= 0.6 is 11.3 Å². The van der Waals surface area contributed by atoms with E-state index < -0.39 is 0 Å². The highest BCUT2D eigenvalue weighted by atomic mass is 32.1. The molecular weight excluding hydrogens is 368 g/mol. The number of fused-ring (bicyclic) bond motifs is 2. The number of thiazole rings is 1.